The van der Waals surface area contributed by atoms with Crippen molar-refractivity contribution in [1.29, 1.82) is 0 Å². The van der Waals surface area contributed by atoms with Gasteiger partial charge in [-0.3, -0.25) is 10.1 Å². The van der Waals surface area contributed by atoms with E-state index in [1.807, 2.05) is 0 Å². The minimum atomic E-state index is -3.92. The molecule has 0 unspecified atom stereocenters. The van der Waals surface area contributed by atoms with Gasteiger partial charge in [-0.1, -0.05) is 0 Å². The second-order valence-electron chi connectivity index (χ2n) is 3.35. The number of nitro benzene ring substituents is 1. The zero-order valence-corrected chi connectivity index (χ0v) is 9.56. The van der Waals surface area contributed by atoms with Gasteiger partial charge in [0, 0.05) is 20.2 Å². The number of nitro groups is 1. The number of nitrogens with two attached hydrogens (primary N) is 1. The third kappa shape index (κ3) is 2.47. The first-order valence-corrected chi connectivity index (χ1v) is 5.76. The molecule has 0 spiro atoms. The molecule has 7 nitrogen and oxygen atoms in total. The van der Waals surface area contributed by atoms with Gasteiger partial charge in [-0.05, 0) is 12.1 Å². The van der Waals surface area contributed by atoms with Crippen LogP contribution in [0.1, 0.15) is 0 Å². The fraction of sp³-hybridized carbons (Fsp3) is 0.250. The molecule has 16 heavy (non-hydrogen) atoms. The highest BCUT2D eigenvalue weighted by molar-refractivity contribution is 7.89. The lowest BCUT2D eigenvalue weighted by atomic mass is 10.2. The van der Waals surface area contributed by atoms with Gasteiger partial charge in [-0.15, -0.1) is 0 Å². The SMILES string of the molecule is CN(C)c1ccc(S(N)(=O)=O)cc1[N+](=O)[O-]. The summed E-state index contributed by atoms with van der Waals surface area (Å²) in [4.78, 5) is 11.3. The molecular weight excluding hydrogens is 234 g/mol. The number of sulfonamides is 1. The number of primary sulfonamides is 1. The molecule has 0 saturated heterocycles. The smallest absolute Gasteiger partial charge is 0.293 e. The summed E-state index contributed by atoms with van der Waals surface area (Å²) in [5, 5.41) is 15.6. The Balaban J connectivity index is 3.46. The van der Waals surface area contributed by atoms with Gasteiger partial charge in [0.15, 0.2) is 0 Å². The van der Waals surface area contributed by atoms with Crippen molar-refractivity contribution in [2.24, 2.45) is 5.14 Å². The quantitative estimate of drug-likeness (QED) is 0.609. The zero-order valence-electron chi connectivity index (χ0n) is 8.75. The van der Waals surface area contributed by atoms with E-state index in [0.717, 1.165) is 6.07 Å². The Morgan fingerprint density at radius 1 is 1.38 bits per heavy atom. The Kier molecular flexibility index (Phi) is 3.15. The van der Waals surface area contributed by atoms with E-state index in [4.69, 9.17) is 5.14 Å². The molecule has 0 aliphatic carbocycles. The van der Waals surface area contributed by atoms with Crippen LogP contribution in [0.25, 0.3) is 0 Å². The van der Waals surface area contributed by atoms with Crippen LogP contribution in [0.5, 0.6) is 0 Å². The van der Waals surface area contributed by atoms with Crippen LogP contribution in [0.4, 0.5) is 11.4 Å². The fourth-order valence-corrected chi connectivity index (χ4v) is 1.74. The number of hydrogen-bond donors (Lipinski definition) is 1. The van der Waals surface area contributed by atoms with E-state index in [9.17, 15) is 18.5 Å². The summed E-state index contributed by atoms with van der Waals surface area (Å²) in [5.41, 5.74) is 0.0222. The lowest BCUT2D eigenvalue weighted by Gasteiger charge is -2.12. The highest BCUT2D eigenvalue weighted by Crippen LogP contribution is 2.28. The largest absolute Gasteiger partial charge is 0.372 e. The molecule has 0 aromatic heterocycles. The second kappa shape index (κ2) is 4.06. The van der Waals surface area contributed by atoms with Gasteiger partial charge in [-0.25, -0.2) is 13.6 Å². The maximum atomic E-state index is 11.0. The number of benzene rings is 1. The number of anilines is 1. The third-order valence-electron chi connectivity index (χ3n) is 1.95. The van der Waals surface area contributed by atoms with Crippen molar-refractivity contribution in [3.05, 3.63) is 28.3 Å². The molecule has 0 radical (unpaired) electrons. The second-order valence-corrected chi connectivity index (χ2v) is 4.91. The van der Waals surface area contributed by atoms with Crippen LogP contribution in [0.2, 0.25) is 0 Å². The van der Waals surface area contributed by atoms with E-state index >= 15 is 0 Å². The van der Waals surface area contributed by atoms with Crippen LogP contribution in [0.15, 0.2) is 23.1 Å². The summed E-state index contributed by atoms with van der Waals surface area (Å²) in [5.74, 6) is 0. The molecule has 0 fully saturated rings. The summed E-state index contributed by atoms with van der Waals surface area (Å²) in [7, 11) is -0.676. The molecule has 2 N–H and O–H groups in total. The van der Waals surface area contributed by atoms with E-state index in [1.54, 1.807) is 14.1 Å². The average Bonchev–Trinajstić information content (AvgIpc) is 2.15. The molecule has 1 aromatic rings. The summed E-state index contributed by atoms with van der Waals surface area (Å²) >= 11 is 0. The van der Waals surface area contributed by atoms with Gasteiger partial charge in [0.1, 0.15) is 5.69 Å². The van der Waals surface area contributed by atoms with E-state index in [-0.39, 0.29) is 10.6 Å². The van der Waals surface area contributed by atoms with Gasteiger partial charge < -0.3 is 4.90 Å². The third-order valence-corrected chi connectivity index (χ3v) is 2.86. The van der Waals surface area contributed by atoms with Crippen molar-refractivity contribution in [2.75, 3.05) is 19.0 Å². The van der Waals surface area contributed by atoms with Gasteiger partial charge in [0.05, 0.1) is 9.82 Å². The standard InChI is InChI=1S/C8H11N3O4S/c1-10(2)7-4-3-6(16(9,14)15)5-8(7)11(12)13/h3-5H,1-2H3,(H2,9,14,15). The molecule has 1 aromatic carbocycles. The van der Waals surface area contributed by atoms with Gasteiger partial charge in [0.2, 0.25) is 10.0 Å². The van der Waals surface area contributed by atoms with Crippen molar-refractivity contribution >= 4 is 21.4 Å². The molecule has 0 amide bonds. The highest BCUT2D eigenvalue weighted by atomic mass is 32.2. The van der Waals surface area contributed by atoms with Gasteiger partial charge >= 0.3 is 0 Å². The maximum absolute atomic E-state index is 11.0. The Bertz CT molecular complexity index is 524. The Morgan fingerprint density at radius 3 is 2.31 bits per heavy atom. The molecule has 0 aliphatic rings. The minimum Gasteiger partial charge on any atom is -0.372 e. The average molecular weight is 245 g/mol. The molecule has 0 bridgehead atoms. The molecule has 0 aliphatic heterocycles. The number of nitrogens with zero attached hydrogens (tertiary/aromatic N) is 2. The maximum Gasteiger partial charge on any atom is 0.293 e. The molecule has 8 heteroatoms. The van der Waals surface area contributed by atoms with Crippen LogP contribution in [0, 0.1) is 10.1 Å². The monoisotopic (exact) mass is 245 g/mol. The predicted octanol–water partition coefficient (Wildman–Crippen LogP) is 0.308. The Morgan fingerprint density at radius 2 is 1.94 bits per heavy atom. The van der Waals surface area contributed by atoms with Crippen LogP contribution in [-0.4, -0.2) is 27.4 Å². The summed E-state index contributed by atoms with van der Waals surface area (Å²) in [6, 6.07) is 3.53. The first-order chi connectivity index (χ1) is 7.23. The predicted molar refractivity (Wildman–Crippen MR) is 58.8 cm³/mol. The van der Waals surface area contributed by atoms with E-state index in [2.05, 4.69) is 0 Å². The van der Waals surface area contributed by atoms with Crippen LogP contribution in [-0.2, 0) is 10.0 Å². The van der Waals surface area contributed by atoms with Crippen molar-refractivity contribution in [3.8, 4) is 0 Å². The van der Waals surface area contributed by atoms with Crippen LogP contribution < -0.4 is 10.0 Å². The molecule has 1 rings (SSSR count). The summed E-state index contributed by atoms with van der Waals surface area (Å²) < 4.78 is 22.1. The lowest BCUT2D eigenvalue weighted by Crippen LogP contribution is -2.15. The molecule has 0 saturated carbocycles. The Hall–Kier alpha value is -1.67. The van der Waals surface area contributed by atoms with Crippen molar-refractivity contribution in [2.45, 2.75) is 4.90 Å². The first kappa shape index (κ1) is 12.4. The van der Waals surface area contributed by atoms with Gasteiger partial charge in [-0.2, -0.15) is 0 Å². The van der Waals surface area contributed by atoms with E-state index in [0.29, 0.717) is 5.69 Å². The fourth-order valence-electron chi connectivity index (χ4n) is 1.20. The summed E-state index contributed by atoms with van der Waals surface area (Å²) in [6.45, 7) is 0. The highest BCUT2D eigenvalue weighted by Gasteiger charge is 2.19. The number of rotatable bonds is 3. The topological polar surface area (TPSA) is 107 Å². The van der Waals surface area contributed by atoms with Crippen molar-refractivity contribution in [3.63, 3.8) is 0 Å². The Labute approximate surface area is 92.7 Å². The molecule has 0 atom stereocenters. The minimum absolute atomic E-state index is 0.273. The normalized spacial score (nSPS) is 11.2. The van der Waals surface area contributed by atoms with E-state index < -0.39 is 14.9 Å². The zero-order chi connectivity index (χ0) is 12.5. The van der Waals surface area contributed by atoms with Crippen LogP contribution >= 0.6 is 0 Å². The lowest BCUT2D eigenvalue weighted by molar-refractivity contribution is -0.384. The van der Waals surface area contributed by atoms with E-state index in [1.165, 1.54) is 17.0 Å². The van der Waals surface area contributed by atoms with Crippen LogP contribution in [0.3, 0.4) is 0 Å². The van der Waals surface area contributed by atoms with Crippen molar-refractivity contribution in [1.82, 2.24) is 0 Å². The summed E-state index contributed by atoms with van der Waals surface area (Å²) in [6.07, 6.45) is 0. The number of hydrogen-bond acceptors (Lipinski definition) is 5. The molecular formula is C8H11N3O4S. The molecule has 0 heterocycles. The first-order valence-electron chi connectivity index (χ1n) is 4.22. The molecule has 88 valence electrons. The van der Waals surface area contributed by atoms with Crippen molar-refractivity contribution < 1.29 is 13.3 Å². The van der Waals surface area contributed by atoms with Gasteiger partial charge in [0.25, 0.3) is 5.69 Å².